The van der Waals surface area contributed by atoms with Gasteiger partial charge in [0.05, 0.1) is 0 Å². The minimum absolute atomic E-state index is 0.333. The van der Waals surface area contributed by atoms with Crippen molar-refractivity contribution in [2.45, 2.75) is 72.5 Å². The van der Waals surface area contributed by atoms with Crippen molar-refractivity contribution in [2.75, 3.05) is 0 Å². The fourth-order valence-electron chi connectivity index (χ4n) is 3.41. The largest absolute Gasteiger partial charge is 0.328 e. The van der Waals surface area contributed by atoms with E-state index in [2.05, 4.69) is 61.2 Å². The van der Waals surface area contributed by atoms with Crippen LogP contribution in [0.3, 0.4) is 0 Å². The van der Waals surface area contributed by atoms with Crippen molar-refractivity contribution in [3.63, 3.8) is 0 Å². The molecule has 0 spiro atoms. The van der Waals surface area contributed by atoms with Gasteiger partial charge in [-0.3, -0.25) is 0 Å². The van der Waals surface area contributed by atoms with E-state index < -0.39 is 0 Å². The lowest BCUT2D eigenvalue weighted by Crippen LogP contribution is -2.39. The fraction of sp³-hybridized carbons (Fsp3) is 0.700. The van der Waals surface area contributed by atoms with E-state index in [9.17, 15) is 0 Å². The predicted molar refractivity (Wildman–Crippen MR) is 103 cm³/mol. The van der Waals surface area contributed by atoms with E-state index in [4.69, 9.17) is 5.73 Å². The standard InChI is InChI=1S/C17H27P.C3H9N/c1-5-17(3,4)16-11-14-9-7-6-8-13(14)10-15(16)12(2)18;1-3(2)4/h6-9,12,15-16H,5,10-11,18H2,1-4H3;3H,4H2,1-2H3. The molecule has 1 nitrogen and oxygen atoms in total. The van der Waals surface area contributed by atoms with Gasteiger partial charge in [-0.05, 0) is 52.9 Å². The highest BCUT2D eigenvalue weighted by atomic mass is 31.0. The maximum absolute atomic E-state index is 5.11. The van der Waals surface area contributed by atoms with Crippen LogP contribution in [0.2, 0.25) is 0 Å². The van der Waals surface area contributed by atoms with E-state index in [0.29, 0.717) is 17.1 Å². The molecule has 126 valence electrons. The Labute approximate surface area is 140 Å². The van der Waals surface area contributed by atoms with Gasteiger partial charge in [-0.15, -0.1) is 9.24 Å². The van der Waals surface area contributed by atoms with Gasteiger partial charge in [0.2, 0.25) is 0 Å². The Morgan fingerprint density at radius 3 is 2.00 bits per heavy atom. The van der Waals surface area contributed by atoms with Crippen LogP contribution in [0.4, 0.5) is 0 Å². The quantitative estimate of drug-likeness (QED) is 0.773. The lowest BCUT2D eigenvalue weighted by atomic mass is 9.62. The van der Waals surface area contributed by atoms with Crippen LogP contribution in [0, 0.1) is 17.3 Å². The van der Waals surface area contributed by atoms with Crippen molar-refractivity contribution in [1.29, 1.82) is 0 Å². The minimum Gasteiger partial charge on any atom is -0.328 e. The molecule has 1 aliphatic rings. The first-order valence-corrected chi connectivity index (χ1v) is 9.43. The summed E-state index contributed by atoms with van der Waals surface area (Å²) in [6.07, 6.45) is 3.79. The zero-order valence-electron chi connectivity index (χ0n) is 15.4. The maximum Gasteiger partial charge on any atom is -0.00179 e. The van der Waals surface area contributed by atoms with Crippen LogP contribution in [-0.2, 0) is 12.8 Å². The van der Waals surface area contributed by atoms with Crippen LogP contribution < -0.4 is 5.73 Å². The third-order valence-corrected chi connectivity index (χ3v) is 5.62. The summed E-state index contributed by atoms with van der Waals surface area (Å²) in [5.41, 5.74) is 9.43. The average Bonchev–Trinajstić information content (AvgIpc) is 2.45. The molecule has 0 fully saturated rings. The van der Waals surface area contributed by atoms with Crippen molar-refractivity contribution < 1.29 is 0 Å². The summed E-state index contributed by atoms with van der Waals surface area (Å²) >= 11 is 0. The summed E-state index contributed by atoms with van der Waals surface area (Å²) < 4.78 is 0. The third kappa shape index (κ3) is 5.36. The van der Waals surface area contributed by atoms with Gasteiger partial charge >= 0.3 is 0 Å². The van der Waals surface area contributed by atoms with Crippen LogP contribution in [0.1, 0.15) is 59.1 Å². The zero-order chi connectivity index (χ0) is 16.9. The topological polar surface area (TPSA) is 26.0 Å². The van der Waals surface area contributed by atoms with Gasteiger partial charge < -0.3 is 5.73 Å². The van der Waals surface area contributed by atoms with E-state index in [1.54, 1.807) is 11.1 Å². The molecule has 0 saturated heterocycles. The Morgan fingerprint density at radius 2 is 1.59 bits per heavy atom. The van der Waals surface area contributed by atoms with E-state index in [-0.39, 0.29) is 0 Å². The van der Waals surface area contributed by atoms with Crippen molar-refractivity contribution in [3.8, 4) is 0 Å². The first-order valence-electron chi connectivity index (χ1n) is 8.77. The summed E-state index contributed by atoms with van der Waals surface area (Å²) in [6, 6.07) is 9.37. The summed E-state index contributed by atoms with van der Waals surface area (Å²) in [5, 5.41) is 0. The Bertz CT molecular complexity index is 448. The lowest BCUT2D eigenvalue weighted by molar-refractivity contribution is 0.121. The maximum atomic E-state index is 5.11. The summed E-state index contributed by atoms with van der Waals surface area (Å²) in [5.74, 6) is 1.62. The molecule has 2 rings (SSSR count). The molecule has 2 N–H and O–H groups in total. The van der Waals surface area contributed by atoms with E-state index in [1.165, 1.54) is 19.3 Å². The molecule has 0 aromatic heterocycles. The van der Waals surface area contributed by atoms with E-state index >= 15 is 0 Å². The normalized spacial score (nSPS) is 22.6. The number of benzene rings is 1. The third-order valence-electron chi connectivity index (χ3n) is 5.12. The number of nitrogens with two attached hydrogens (primary N) is 1. The molecular weight excluding hydrogens is 285 g/mol. The molecule has 0 amide bonds. The van der Waals surface area contributed by atoms with Crippen LogP contribution in [0.25, 0.3) is 0 Å². The van der Waals surface area contributed by atoms with E-state index in [1.807, 2.05) is 13.8 Å². The molecule has 22 heavy (non-hydrogen) atoms. The molecule has 0 heterocycles. The molecule has 1 aliphatic carbocycles. The molecule has 0 aliphatic heterocycles. The minimum atomic E-state index is 0.333. The van der Waals surface area contributed by atoms with Gasteiger partial charge in [0.25, 0.3) is 0 Å². The molecule has 0 bridgehead atoms. The Balaban J connectivity index is 0.000000541. The second kappa shape index (κ2) is 8.46. The first kappa shape index (κ1) is 19.7. The number of hydrogen-bond donors (Lipinski definition) is 1. The van der Waals surface area contributed by atoms with Gasteiger partial charge in [-0.25, -0.2) is 0 Å². The van der Waals surface area contributed by atoms with Crippen LogP contribution in [0.5, 0.6) is 0 Å². The second-order valence-electron chi connectivity index (χ2n) is 7.89. The summed E-state index contributed by atoms with van der Waals surface area (Å²) in [4.78, 5) is 0. The Hall–Kier alpha value is -0.390. The van der Waals surface area contributed by atoms with Gasteiger partial charge in [-0.1, -0.05) is 72.2 Å². The molecule has 4 atom stereocenters. The molecule has 1 aromatic carbocycles. The molecule has 0 radical (unpaired) electrons. The molecule has 4 unspecified atom stereocenters. The highest BCUT2D eigenvalue weighted by molar-refractivity contribution is 7.17. The van der Waals surface area contributed by atoms with Crippen molar-refractivity contribution in [1.82, 2.24) is 0 Å². The Kier molecular flexibility index (Phi) is 7.56. The number of fused-ring (bicyclic) bond motifs is 1. The Morgan fingerprint density at radius 1 is 1.14 bits per heavy atom. The highest BCUT2D eigenvalue weighted by Gasteiger charge is 2.38. The zero-order valence-corrected chi connectivity index (χ0v) is 16.5. The first-order chi connectivity index (χ1) is 10.2. The molecule has 1 aromatic rings. The van der Waals surface area contributed by atoms with Crippen LogP contribution in [0.15, 0.2) is 24.3 Å². The van der Waals surface area contributed by atoms with Gasteiger partial charge in [0.1, 0.15) is 0 Å². The number of hydrogen-bond acceptors (Lipinski definition) is 1. The van der Waals surface area contributed by atoms with Crippen LogP contribution in [-0.4, -0.2) is 11.7 Å². The smallest absolute Gasteiger partial charge is 0.00179 e. The van der Waals surface area contributed by atoms with Gasteiger partial charge in [-0.2, -0.15) is 0 Å². The summed E-state index contributed by atoms with van der Waals surface area (Å²) in [6.45, 7) is 13.5. The fourth-order valence-corrected chi connectivity index (χ4v) is 3.81. The van der Waals surface area contributed by atoms with Gasteiger partial charge in [0, 0.05) is 0 Å². The van der Waals surface area contributed by atoms with Crippen molar-refractivity contribution in [2.24, 2.45) is 23.0 Å². The van der Waals surface area contributed by atoms with Crippen molar-refractivity contribution >= 4 is 9.24 Å². The summed E-state index contributed by atoms with van der Waals surface area (Å²) in [7, 11) is 3.04. The van der Waals surface area contributed by atoms with Crippen molar-refractivity contribution in [3.05, 3.63) is 35.4 Å². The monoisotopic (exact) mass is 321 g/mol. The lowest BCUT2D eigenvalue weighted by Gasteiger charge is -2.44. The molecule has 0 saturated carbocycles. The second-order valence-corrected chi connectivity index (χ2v) is 8.94. The highest BCUT2D eigenvalue weighted by Crippen LogP contribution is 2.45. The SMILES string of the molecule is CC(C)N.CCC(C)(C)C1Cc2ccccc2CC1C(C)P. The van der Waals surface area contributed by atoms with Gasteiger partial charge in [0.15, 0.2) is 0 Å². The average molecular weight is 321 g/mol. The van der Waals surface area contributed by atoms with E-state index in [0.717, 1.165) is 11.8 Å². The van der Waals surface area contributed by atoms with Crippen LogP contribution >= 0.6 is 9.24 Å². The molecular formula is C20H36NP. The number of rotatable bonds is 3. The molecule has 2 heteroatoms. The predicted octanol–water partition coefficient (Wildman–Crippen LogP) is 5.07.